The summed E-state index contributed by atoms with van der Waals surface area (Å²) in [7, 11) is 1.79. The molecule has 0 spiro atoms. The monoisotopic (exact) mass is 197 g/mol. The van der Waals surface area contributed by atoms with Gasteiger partial charge in [0.2, 0.25) is 0 Å². The lowest BCUT2D eigenvalue weighted by Crippen LogP contribution is -2.14. The van der Waals surface area contributed by atoms with Crippen LogP contribution in [0.25, 0.3) is 0 Å². The van der Waals surface area contributed by atoms with Gasteiger partial charge in [-0.05, 0) is 0 Å². The van der Waals surface area contributed by atoms with Gasteiger partial charge in [0, 0.05) is 25.1 Å². The molecule has 0 radical (unpaired) electrons. The summed E-state index contributed by atoms with van der Waals surface area (Å²) in [6, 6.07) is 0. The number of hydrogen-bond acceptors (Lipinski definition) is 4. The lowest BCUT2D eigenvalue weighted by molar-refractivity contribution is -0.119. The Balaban J connectivity index is 2.01. The molecule has 1 aliphatic heterocycles. The molecule has 1 unspecified atom stereocenters. The highest BCUT2D eigenvalue weighted by Crippen LogP contribution is 2.22. The van der Waals surface area contributed by atoms with E-state index in [1.165, 1.54) is 4.80 Å². The van der Waals surface area contributed by atoms with E-state index >= 15 is 0 Å². The SMILES string of the molecule is Cn1ncc(CC2CSCC2=O)n1. The van der Waals surface area contributed by atoms with Crippen LogP contribution in [0.2, 0.25) is 0 Å². The number of nitrogens with zero attached hydrogens (tertiary/aromatic N) is 3. The molecule has 0 saturated carbocycles. The molecule has 2 rings (SSSR count). The first kappa shape index (κ1) is 8.74. The molecular formula is C8H11N3OS. The van der Waals surface area contributed by atoms with E-state index in [2.05, 4.69) is 10.2 Å². The summed E-state index contributed by atoms with van der Waals surface area (Å²) in [6.07, 6.45) is 2.48. The summed E-state index contributed by atoms with van der Waals surface area (Å²) < 4.78 is 0. The van der Waals surface area contributed by atoms with Gasteiger partial charge in [0.15, 0.2) is 0 Å². The maximum Gasteiger partial charge on any atom is 0.147 e. The summed E-state index contributed by atoms with van der Waals surface area (Å²) in [5.74, 6) is 2.14. The van der Waals surface area contributed by atoms with E-state index in [0.717, 1.165) is 17.9 Å². The van der Waals surface area contributed by atoms with Crippen LogP contribution in [0.4, 0.5) is 0 Å². The lowest BCUT2D eigenvalue weighted by Gasteiger charge is -2.01. The Morgan fingerprint density at radius 1 is 1.77 bits per heavy atom. The molecule has 1 aromatic rings. The second-order valence-electron chi connectivity index (χ2n) is 3.21. The highest BCUT2D eigenvalue weighted by Gasteiger charge is 2.25. The maximum absolute atomic E-state index is 11.3. The predicted octanol–water partition coefficient (Wildman–Crippen LogP) is 0.290. The molecular weight excluding hydrogens is 186 g/mol. The molecule has 4 nitrogen and oxygen atoms in total. The van der Waals surface area contributed by atoms with Gasteiger partial charge in [-0.15, -0.1) is 0 Å². The Morgan fingerprint density at radius 2 is 2.62 bits per heavy atom. The molecule has 1 saturated heterocycles. The van der Waals surface area contributed by atoms with Crippen molar-refractivity contribution in [3.05, 3.63) is 11.9 Å². The van der Waals surface area contributed by atoms with Crippen molar-refractivity contribution in [2.75, 3.05) is 11.5 Å². The molecule has 1 atom stereocenters. The van der Waals surface area contributed by atoms with Gasteiger partial charge >= 0.3 is 0 Å². The minimum atomic E-state index is 0.168. The highest BCUT2D eigenvalue weighted by atomic mass is 32.2. The van der Waals surface area contributed by atoms with Crippen molar-refractivity contribution in [3.63, 3.8) is 0 Å². The van der Waals surface area contributed by atoms with Crippen LogP contribution in [0.3, 0.4) is 0 Å². The molecule has 1 aromatic heterocycles. The van der Waals surface area contributed by atoms with E-state index in [-0.39, 0.29) is 5.92 Å². The molecule has 0 bridgehead atoms. The Morgan fingerprint density at radius 3 is 3.15 bits per heavy atom. The maximum atomic E-state index is 11.3. The molecule has 1 aliphatic rings. The van der Waals surface area contributed by atoms with Crippen molar-refractivity contribution in [1.82, 2.24) is 15.0 Å². The second-order valence-corrected chi connectivity index (χ2v) is 4.24. The van der Waals surface area contributed by atoms with Crippen LogP contribution in [-0.4, -0.2) is 32.3 Å². The first-order chi connectivity index (χ1) is 6.25. The minimum Gasteiger partial charge on any atom is -0.298 e. The molecule has 13 heavy (non-hydrogen) atoms. The first-order valence-corrected chi connectivity index (χ1v) is 5.37. The Labute approximate surface area is 80.7 Å². The van der Waals surface area contributed by atoms with Crippen LogP contribution in [0.1, 0.15) is 5.69 Å². The number of Topliss-reactive ketones (excluding diaryl/α,β-unsaturated/α-hetero) is 1. The van der Waals surface area contributed by atoms with Gasteiger partial charge in [-0.3, -0.25) is 4.79 Å². The fourth-order valence-corrected chi connectivity index (χ4v) is 2.56. The van der Waals surface area contributed by atoms with Crippen LogP contribution in [0.5, 0.6) is 0 Å². The molecule has 0 N–H and O–H groups in total. The van der Waals surface area contributed by atoms with E-state index in [1.54, 1.807) is 25.0 Å². The topological polar surface area (TPSA) is 47.8 Å². The van der Waals surface area contributed by atoms with Crippen molar-refractivity contribution < 1.29 is 4.79 Å². The third kappa shape index (κ3) is 1.91. The number of rotatable bonds is 2. The summed E-state index contributed by atoms with van der Waals surface area (Å²) in [5, 5.41) is 8.12. The first-order valence-electron chi connectivity index (χ1n) is 4.21. The third-order valence-electron chi connectivity index (χ3n) is 2.12. The number of ketones is 1. The fourth-order valence-electron chi connectivity index (χ4n) is 1.42. The molecule has 5 heteroatoms. The highest BCUT2D eigenvalue weighted by molar-refractivity contribution is 8.00. The summed E-state index contributed by atoms with van der Waals surface area (Å²) in [5.41, 5.74) is 0.920. The predicted molar refractivity (Wildman–Crippen MR) is 50.5 cm³/mol. The number of carbonyl (C=O) groups excluding carboxylic acids is 1. The van der Waals surface area contributed by atoms with Crippen molar-refractivity contribution in [2.24, 2.45) is 13.0 Å². The largest absolute Gasteiger partial charge is 0.298 e. The zero-order valence-electron chi connectivity index (χ0n) is 7.43. The van der Waals surface area contributed by atoms with E-state index < -0.39 is 0 Å². The van der Waals surface area contributed by atoms with Gasteiger partial charge in [-0.1, -0.05) is 0 Å². The van der Waals surface area contributed by atoms with Gasteiger partial charge in [0.05, 0.1) is 17.6 Å². The zero-order chi connectivity index (χ0) is 9.26. The Bertz CT molecular complexity index is 323. The normalized spacial score (nSPS) is 22.5. The average molecular weight is 197 g/mol. The van der Waals surface area contributed by atoms with Gasteiger partial charge in [-0.25, -0.2) is 0 Å². The van der Waals surface area contributed by atoms with Crippen molar-refractivity contribution >= 4 is 17.5 Å². The van der Waals surface area contributed by atoms with E-state index in [9.17, 15) is 4.79 Å². The van der Waals surface area contributed by atoms with Crippen molar-refractivity contribution in [3.8, 4) is 0 Å². The van der Waals surface area contributed by atoms with Gasteiger partial charge in [-0.2, -0.15) is 26.8 Å². The third-order valence-corrected chi connectivity index (χ3v) is 3.25. The Kier molecular flexibility index (Phi) is 2.35. The van der Waals surface area contributed by atoms with Gasteiger partial charge in [0.1, 0.15) is 5.78 Å². The molecule has 70 valence electrons. The summed E-state index contributed by atoms with van der Waals surface area (Å²) >= 11 is 1.71. The fraction of sp³-hybridized carbons (Fsp3) is 0.625. The smallest absolute Gasteiger partial charge is 0.147 e. The summed E-state index contributed by atoms with van der Waals surface area (Å²) in [4.78, 5) is 12.8. The minimum absolute atomic E-state index is 0.168. The van der Waals surface area contributed by atoms with E-state index in [0.29, 0.717) is 11.5 Å². The van der Waals surface area contributed by atoms with Crippen molar-refractivity contribution in [1.29, 1.82) is 0 Å². The number of hydrogen-bond donors (Lipinski definition) is 0. The molecule has 0 amide bonds. The number of aromatic nitrogens is 3. The zero-order valence-corrected chi connectivity index (χ0v) is 8.25. The molecule has 1 fully saturated rings. The second kappa shape index (κ2) is 3.49. The Hall–Kier alpha value is -0.840. The van der Waals surface area contributed by atoms with Crippen LogP contribution in [-0.2, 0) is 18.3 Å². The van der Waals surface area contributed by atoms with Crippen LogP contribution >= 0.6 is 11.8 Å². The number of thioether (sulfide) groups is 1. The molecule has 0 aliphatic carbocycles. The summed E-state index contributed by atoms with van der Waals surface area (Å²) in [6.45, 7) is 0. The van der Waals surface area contributed by atoms with Gasteiger partial charge < -0.3 is 0 Å². The molecule has 0 aromatic carbocycles. The van der Waals surface area contributed by atoms with Crippen LogP contribution in [0.15, 0.2) is 6.20 Å². The lowest BCUT2D eigenvalue weighted by atomic mass is 10.0. The van der Waals surface area contributed by atoms with Crippen molar-refractivity contribution in [2.45, 2.75) is 6.42 Å². The van der Waals surface area contributed by atoms with Crippen LogP contribution < -0.4 is 0 Å². The average Bonchev–Trinajstić information content (AvgIpc) is 2.64. The van der Waals surface area contributed by atoms with E-state index in [1.807, 2.05) is 0 Å². The molecule has 2 heterocycles. The standard InChI is InChI=1S/C8H11N3OS/c1-11-9-3-7(10-11)2-6-4-13-5-8(6)12/h3,6H,2,4-5H2,1H3. The van der Waals surface area contributed by atoms with E-state index in [4.69, 9.17) is 0 Å². The quantitative estimate of drug-likeness (QED) is 0.683. The van der Waals surface area contributed by atoms with Crippen LogP contribution in [0, 0.1) is 5.92 Å². The number of carbonyl (C=O) groups is 1. The number of aryl methyl sites for hydroxylation is 1. The van der Waals surface area contributed by atoms with Gasteiger partial charge in [0.25, 0.3) is 0 Å².